The molecule has 2 aliphatic rings. The maximum atomic E-state index is 13.6. The quantitative estimate of drug-likeness (QED) is 0.609. The van der Waals surface area contributed by atoms with E-state index < -0.39 is 6.04 Å². The molecule has 6 nitrogen and oxygen atoms in total. The van der Waals surface area contributed by atoms with E-state index in [0.29, 0.717) is 44.2 Å². The molecule has 1 unspecified atom stereocenters. The van der Waals surface area contributed by atoms with Crippen molar-refractivity contribution in [2.75, 3.05) is 31.1 Å². The first-order valence-corrected chi connectivity index (χ1v) is 11.2. The van der Waals surface area contributed by atoms with Crippen molar-refractivity contribution < 1.29 is 14.0 Å². The largest absolute Gasteiger partial charge is 0.459 e. The molecule has 3 aromatic rings. The van der Waals surface area contributed by atoms with Crippen LogP contribution in [0.1, 0.15) is 21.7 Å². The van der Waals surface area contributed by atoms with Crippen molar-refractivity contribution >= 4 is 29.1 Å². The number of fused-ring (bicyclic) bond motifs is 1. The van der Waals surface area contributed by atoms with Crippen LogP contribution in [0, 0.1) is 0 Å². The van der Waals surface area contributed by atoms with Crippen LogP contribution < -0.4 is 4.90 Å². The number of hydrogen-bond acceptors (Lipinski definition) is 4. The Labute approximate surface area is 192 Å². The highest BCUT2D eigenvalue weighted by atomic mass is 35.5. The number of benzene rings is 2. The molecule has 32 heavy (non-hydrogen) atoms. The van der Waals surface area contributed by atoms with Gasteiger partial charge in [0, 0.05) is 39.1 Å². The van der Waals surface area contributed by atoms with Gasteiger partial charge < -0.3 is 19.1 Å². The molecule has 1 atom stereocenters. The minimum atomic E-state index is -0.547. The second-order valence-electron chi connectivity index (χ2n) is 8.16. The maximum Gasteiger partial charge on any atom is 0.290 e. The van der Waals surface area contributed by atoms with Crippen LogP contribution in [0.3, 0.4) is 0 Å². The first-order chi connectivity index (χ1) is 15.6. The lowest BCUT2D eigenvalue weighted by Gasteiger charge is -2.41. The molecule has 1 aromatic heterocycles. The summed E-state index contributed by atoms with van der Waals surface area (Å²) in [6.07, 6.45) is 1.99. The summed E-state index contributed by atoms with van der Waals surface area (Å²) in [5.74, 6) is -0.0125. The lowest BCUT2D eigenvalue weighted by molar-refractivity contribution is -0.137. The fourth-order valence-electron chi connectivity index (χ4n) is 4.59. The van der Waals surface area contributed by atoms with Crippen LogP contribution in [0.15, 0.2) is 71.3 Å². The van der Waals surface area contributed by atoms with Crippen LogP contribution >= 0.6 is 11.6 Å². The number of anilines is 1. The predicted molar refractivity (Wildman–Crippen MR) is 123 cm³/mol. The van der Waals surface area contributed by atoms with Crippen molar-refractivity contribution in [1.82, 2.24) is 9.80 Å². The van der Waals surface area contributed by atoms with E-state index in [4.69, 9.17) is 16.0 Å². The van der Waals surface area contributed by atoms with Gasteiger partial charge in [-0.05, 0) is 35.4 Å². The first kappa shape index (κ1) is 20.6. The van der Waals surface area contributed by atoms with Gasteiger partial charge in [-0.15, -0.1) is 0 Å². The molecule has 0 bridgehead atoms. The summed E-state index contributed by atoms with van der Waals surface area (Å²) in [4.78, 5) is 32.5. The lowest BCUT2D eigenvalue weighted by atomic mass is 9.92. The second-order valence-corrected chi connectivity index (χ2v) is 8.57. The van der Waals surface area contributed by atoms with Gasteiger partial charge in [0.2, 0.25) is 5.91 Å². The summed E-state index contributed by atoms with van der Waals surface area (Å²) in [5, 5.41) is 0.714. The van der Waals surface area contributed by atoms with E-state index in [1.54, 1.807) is 17.0 Å². The highest BCUT2D eigenvalue weighted by molar-refractivity contribution is 6.33. The molecule has 7 heteroatoms. The van der Waals surface area contributed by atoms with E-state index in [9.17, 15) is 9.59 Å². The zero-order chi connectivity index (χ0) is 22.1. The van der Waals surface area contributed by atoms with Crippen molar-refractivity contribution in [2.45, 2.75) is 19.0 Å². The standard InChI is InChI=1S/C25H24ClN3O3/c26-20-8-3-4-9-21(20)27-11-13-28(14-12-27)24(30)22-16-18-6-1-2-7-19(18)17-29(22)25(31)23-10-5-15-32-23/h1-10,15,22H,11-14,16-17H2. The zero-order valence-corrected chi connectivity index (χ0v) is 18.4. The summed E-state index contributed by atoms with van der Waals surface area (Å²) < 4.78 is 5.35. The Morgan fingerprint density at radius 3 is 2.31 bits per heavy atom. The molecule has 164 valence electrons. The van der Waals surface area contributed by atoms with E-state index in [1.807, 2.05) is 53.4 Å². The number of halogens is 1. The van der Waals surface area contributed by atoms with Gasteiger partial charge in [0.15, 0.2) is 5.76 Å². The summed E-state index contributed by atoms with van der Waals surface area (Å²) in [6, 6.07) is 18.6. The number of carbonyl (C=O) groups excluding carboxylic acids is 2. The Hall–Kier alpha value is -3.25. The lowest BCUT2D eigenvalue weighted by Crippen LogP contribution is -2.57. The molecule has 0 N–H and O–H groups in total. The molecule has 0 saturated carbocycles. The van der Waals surface area contributed by atoms with Gasteiger partial charge in [0.1, 0.15) is 6.04 Å². The summed E-state index contributed by atoms with van der Waals surface area (Å²) >= 11 is 6.35. The molecule has 3 heterocycles. The smallest absolute Gasteiger partial charge is 0.290 e. The highest BCUT2D eigenvalue weighted by Gasteiger charge is 2.38. The van der Waals surface area contributed by atoms with Gasteiger partial charge in [-0.1, -0.05) is 48.0 Å². The molecule has 0 spiro atoms. The average Bonchev–Trinajstić information content (AvgIpc) is 3.38. The van der Waals surface area contributed by atoms with Crippen LogP contribution in [0.2, 0.25) is 5.02 Å². The highest BCUT2D eigenvalue weighted by Crippen LogP contribution is 2.29. The van der Waals surface area contributed by atoms with Crippen molar-refractivity contribution in [3.8, 4) is 0 Å². The molecule has 0 radical (unpaired) electrons. The van der Waals surface area contributed by atoms with Crippen molar-refractivity contribution in [1.29, 1.82) is 0 Å². The van der Waals surface area contributed by atoms with Crippen LogP contribution in [-0.2, 0) is 17.8 Å². The number of para-hydroxylation sites is 1. The van der Waals surface area contributed by atoms with Gasteiger partial charge in [0.05, 0.1) is 17.0 Å². The molecule has 1 saturated heterocycles. The Morgan fingerprint density at radius 1 is 0.875 bits per heavy atom. The third-order valence-corrected chi connectivity index (χ3v) is 6.63. The molecule has 2 amide bonds. The van der Waals surface area contributed by atoms with Gasteiger partial charge in [-0.25, -0.2) is 0 Å². The summed E-state index contributed by atoms with van der Waals surface area (Å²) in [7, 11) is 0. The molecule has 1 fully saturated rings. The first-order valence-electron chi connectivity index (χ1n) is 10.8. The summed E-state index contributed by atoms with van der Waals surface area (Å²) in [6.45, 7) is 2.97. The van der Waals surface area contributed by atoms with Gasteiger partial charge in [-0.3, -0.25) is 9.59 Å². The third-order valence-electron chi connectivity index (χ3n) is 6.31. The molecule has 2 aromatic carbocycles. The minimum absolute atomic E-state index is 0.0155. The number of rotatable bonds is 3. The summed E-state index contributed by atoms with van der Waals surface area (Å²) in [5.41, 5.74) is 3.17. The fraction of sp³-hybridized carbons (Fsp3) is 0.280. The zero-order valence-electron chi connectivity index (χ0n) is 17.6. The Bertz CT molecular complexity index is 1120. The van der Waals surface area contributed by atoms with E-state index >= 15 is 0 Å². The van der Waals surface area contributed by atoms with E-state index in [0.717, 1.165) is 16.8 Å². The average molecular weight is 450 g/mol. The van der Waals surface area contributed by atoms with Crippen molar-refractivity contribution in [3.05, 3.63) is 88.8 Å². The van der Waals surface area contributed by atoms with Gasteiger partial charge in [-0.2, -0.15) is 0 Å². The van der Waals surface area contributed by atoms with E-state index in [2.05, 4.69) is 4.90 Å². The molecule has 5 rings (SSSR count). The van der Waals surface area contributed by atoms with Crippen LogP contribution in [-0.4, -0.2) is 53.8 Å². The maximum absolute atomic E-state index is 13.6. The molecular formula is C25H24ClN3O3. The SMILES string of the molecule is O=C(C1Cc2ccccc2CN1C(=O)c1ccco1)N1CCN(c2ccccc2Cl)CC1. The van der Waals surface area contributed by atoms with Crippen LogP contribution in [0.5, 0.6) is 0 Å². The van der Waals surface area contributed by atoms with Crippen LogP contribution in [0.4, 0.5) is 5.69 Å². The Morgan fingerprint density at radius 2 is 1.59 bits per heavy atom. The van der Waals surface area contributed by atoms with Crippen molar-refractivity contribution in [2.24, 2.45) is 0 Å². The Balaban J connectivity index is 1.35. The third kappa shape index (κ3) is 3.86. The van der Waals surface area contributed by atoms with Crippen molar-refractivity contribution in [3.63, 3.8) is 0 Å². The number of piperazine rings is 1. The van der Waals surface area contributed by atoms with E-state index in [1.165, 1.54) is 6.26 Å². The fourth-order valence-corrected chi connectivity index (χ4v) is 4.84. The second kappa shape index (κ2) is 8.71. The van der Waals surface area contributed by atoms with Crippen LogP contribution in [0.25, 0.3) is 0 Å². The number of amides is 2. The van der Waals surface area contributed by atoms with Gasteiger partial charge >= 0.3 is 0 Å². The normalized spacial score (nSPS) is 18.4. The predicted octanol–water partition coefficient (Wildman–Crippen LogP) is 3.85. The monoisotopic (exact) mass is 449 g/mol. The van der Waals surface area contributed by atoms with Gasteiger partial charge in [0.25, 0.3) is 5.91 Å². The number of carbonyl (C=O) groups is 2. The molecule has 2 aliphatic heterocycles. The number of hydrogen-bond donors (Lipinski definition) is 0. The van der Waals surface area contributed by atoms with E-state index in [-0.39, 0.29) is 17.6 Å². The number of nitrogens with zero attached hydrogens (tertiary/aromatic N) is 3. The topological polar surface area (TPSA) is 57.0 Å². The minimum Gasteiger partial charge on any atom is -0.459 e. The number of furan rings is 1. The Kier molecular flexibility index (Phi) is 5.62. The molecule has 0 aliphatic carbocycles. The molecular weight excluding hydrogens is 426 g/mol.